The molecule has 1 unspecified atom stereocenters. The summed E-state index contributed by atoms with van der Waals surface area (Å²) in [7, 11) is 3.83. The largest absolute Gasteiger partial charge is 0.373 e. The van der Waals surface area contributed by atoms with Gasteiger partial charge < -0.3 is 20.3 Å². The van der Waals surface area contributed by atoms with E-state index in [0.29, 0.717) is 6.54 Å². The quantitative estimate of drug-likeness (QED) is 0.718. The monoisotopic (exact) mass is 241 g/mol. The van der Waals surface area contributed by atoms with E-state index in [1.54, 1.807) is 0 Å². The Labute approximate surface area is 103 Å². The molecule has 17 heavy (non-hydrogen) atoms. The number of carbonyl (C=O) groups excluding carboxylic acids is 1. The number of hydrogen-bond donors (Lipinski definition) is 1. The molecule has 0 radical (unpaired) electrons. The van der Waals surface area contributed by atoms with Gasteiger partial charge in [-0.3, -0.25) is 4.79 Å². The molecular weight excluding hydrogens is 218 g/mol. The lowest BCUT2D eigenvalue weighted by molar-refractivity contribution is -0.137. The highest BCUT2D eigenvalue weighted by atomic mass is 16.5. The van der Waals surface area contributed by atoms with Crippen LogP contribution in [0.3, 0.4) is 0 Å². The van der Waals surface area contributed by atoms with Crippen LogP contribution in [0.25, 0.3) is 0 Å². The van der Waals surface area contributed by atoms with E-state index in [4.69, 9.17) is 10.5 Å². The molecule has 0 aromatic carbocycles. The van der Waals surface area contributed by atoms with Crippen molar-refractivity contribution in [2.45, 2.75) is 30.9 Å². The van der Waals surface area contributed by atoms with Crippen LogP contribution in [0, 0.1) is 0 Å². The number of piperidine rings is 1. The average Bonchev–Trinajstić information content (AvgIpc) is 2.60. The molecule has 98 valence electrons. The van der Waals surface area contributed by atoms with Crippen LogP contribution in [0.15, 0.2) is 0 Å². The molecule has 0 saturated carbocycles. The van der Waals surface area contributed by atoms with Gasteiger partial charge in [-0.05, 0) is 33.4 Å². The number of nitrogens with two attached hydrogens (primary N) is 1. The molecule has 2 heterocycles. The molecule has 2 saturated heterocycles. The molecule has 2 aliphatic heterocycles. The summed E-state index contributed by atoms with van der Waals surface area (Å²) in [4.78, 5) is 15.7. The number of rotatable bonds is 2. The lowest BCUT2D eigenvalue weighted by Gasteiger charge is -2.41. The Morgan fingerprint density at radius 2 is 2.12 bits per heavy atom. The van der Waals surface area contributed by atoms with Crippen molar-refractivity contribution in [2.75, 3.05) is 40.3 Å². The van der Waals surface area contributed by atoms with Crippen LogP contribution in [0.1, 0.15) is 19.3 Å². The molecular formula is C12H23N3O2. The molecule has 5 nitrogen and oxygen atoms in total. The second kappa shape index (κ2) is 4.92. The molecule has 0 bridgehead atoms. The van der Waals surface area contributed by atoms with Gasteiger partial charge in [-0.25, -0.2) is 0 Å². The minimum atomic E-state index is -0.144. The summed E-state index contributed by atoms with van der Waals surface area (Å²) in [6.45, 7) is 2.81. The van der Waals surface area contributed by atoms with E-state index in [1.165, 1.54) is 0 Å². The number of likely N-dealkylation sites (N-methyl/N-ethyl adjacent to an activating group) is 1. The topological polar surface area (TPSA) is 58.8 Å². The van der Waals surface area contributed by atoms with Crippen LogP contribution in [0.2, 0.25) is 0 Å². The highest BCUT2D eigenvalue weighted by Gasteiger charge is 2.44. The van der Waals surface area contributed by atoms with Crippen molar-refractivity contribution in [1.29, 1.82) is 0 Å². The van der Waals surface area contributed by atoms with E-state index in [2.05, 4.69) is 0 Å². The molecule has 5 heteroatoms. The highest BCUT2D eigenvalue weighted by Crippen LogP contribution is 2.34. The predicted octanol–water partition coefficient (Wildman–Crippen LogP) is -0.343. The number of carbonyl (C=O) groups is 1. The Hall–Kier alpha value is -0.650. The lowest BCUT2D eigenvalue weighted by atomic mass is 9.85. The zero-order chi connectivity index (χ0) is 12.5. The standard InChI is InChI=1S/C12H23N3O2/c1-14(2)9-11(16)15-6-4-12(5-7-15)10(13)3-8-17-12/h10H,3-9,13H2,1-2H3. The first-order valence-electron chi connectivity index (χ1n) is 6.35. The minimum Gasteiger partial charge on any atom is -0.373 e. The zero-order valence-electron chi connectivity index (χ0n) is 10.8. The molecule has 0 aromatic rings. The summed E-state index contributed by atoms with van der Waals surface area (Å²) in [5, 5.41) is 0. The van der Waals surface area contributed by atoms with Crippen LogP contribution in [-0.4, -0.2) is 67.7 Å². The Morgan fingerprint density at radius 3 is 2.59 bits per heavy atom. The molecule has 1 amide bonds. The number of nitrogens with zero attached hydrogens (tertiary/aromatic N) is 2. The van der Waals surface area contributed by atoms with Crippen molar-refractivity contribution in [1.82, 2.24) is 9.80 Å². The third-order valence-corrected chi connectivity index (χ3v) is 3.91. The maximum absolute atomic E-state index is 11.9. The van der Waals surface area contributed by atoms with Crippen LogP contribution in [0.5, 0.6) is 0 Å². The number of likely N-dealkylation sites (tertiary alicyclic amines) is 1. The summed E-state index contributed by atoms with van der Waals surface area (Å²) in [6, 6.07) is 0.147. The van der Waals surface area contributed by atoms with Gasteiger partial charge in [0.15, 0.2) is 0 Å². The second-order valence-electron chi connectivity index (χ2n) is 5.43. The first-order chi connectivity index (χ1) is 8.03. The van der Waals surface area contributed by atoms with E-state index >= 15 is 0 Å². The number of amides is 1. The Bertz CT molecular complexity index is 285. The summed E-state index contributed by atoms with van der Waals surface area (Å²) >= 11 is 0. The van der Waals surface area contributed by atoms with E-state index < -0.39 is 0 Å². The molecule has 2 aliphatic rings. The van der Waals surface area contributed by atoms with Crippen molar-refractivity contribution in [3.8, 4) is 0 Å². The third kappa shape index (κ3) is 2.61. The van der Waals surface area contributed by atoms with Crippen molar-refractivity contribution in [3.05, 3.63) is 0 Å². The summed E-state index contributed by atoms with van der Waals surface area (Å²) in [5.74, 6) is 0.205. The fourth-order valence-corrected chi connectivity index (χ4v) is 2.78. The van der Waals surface area contributed by atoms with Gasteiger partial charge >= 0.3 is 0 Å². The van der Waals surface area contributed by atoms with Crippen LogP contribution in [-0.2, 0) is 9.53 Å². The molecule has 2 rings (SSSR count). The Kier molecular flexibility index (Phi) is 3.70. The maximum atomic E-state index is 11.9. The van der Waals surface area contributed by atoms with Crippen LogP contribution >= 0.6 is 0 Å². The van der Waals surface area contributed by atoms with E-state index in [9.17, 15) is 4.79 Å². The second-order valence-corrected chi connectivity index (χ2v) is 5.43. The zero-order valence-corrected chi connectivity index (χ0v) is 10.8. The fourth-order valence-electron chi connectivity index (χ4n) is 2.78. The highest BCUT2D eigenvalue weighted by molar-refractivity contribution is 5.78. The predicted molar refractivity (Wildman–Crippen MR) is 65.6 cm³/mol. The van der Waals surface area contributed by atoms with Crippen molar-refractivity contribution in [3.63, 3.8) is 0 Å². The first kappa shape index (κ1) is 12.8. The van der Waals surface area contributed by atoms with Gasteiger partial charge in [-0.2, -0.15) is 0 Å². The number of hydrogen-bond acceptors (Lipinski definition) is 4. The third-order valence-electron chi connectivity index (χ3n) is 3.91. The molecule has 2 N–H and O–H groups in total. The molecule has 0 aliphatic carbocycles. The minimum absolute atomic E-state index is 0.144. The van der Waals surface area contributed by atoms with Crippen molar-refractivity contribution < 1.29 is 9.53 Å². The van der Waals surface area contributed by atoms with Crippen LogP contribution < -0.4 is 5.73 Å². The molecule has 1 spiro atoms. The van der Waals surface area contributed by atoms with E-state index in [-0.39, 0.29) is 17.6 Å². The van der Waals surface area contributed by atoms with Crippen molar-refractivity contribution >= 4 is 5.91 Å². The summed E-state index contributed by atoms with van der Waals surface area (Å²) in [5.41, 5.74) is 5.97. The van der Waals surface area contributed by atoms with E-state index in [0.717, 1.165) is 39.0 Å². The first-order valence-corrected chi connectivity index (χ1v) is 6.35. The lowest BCUT2D eigenvalue weighted by Crippen LogP contribution is -2.54. The summed E-state index contributed by atoms with van der Waals surface area (Å²) < 4.78 is 5.83. The van der Waals surface area contributed by atoms with Gasteiger partial charge in [0.05, 0.1) is 12.1 Å². The van der Waals surface area contributed by atoms with Gasteiger partial charge in [-0.1, -0.05) is 0 Å². The number of ether oxygens (including phenoxy) is 1. The fraction of sp³-hybridized carbons (Fsp3) is 0.917. The maximum Gasteiger partial charge on any atom is 0.236 e. The molecule has 2 fully saturated rings. The van der Waals surface area contributed by atoms with E-state index in [1.807, 2.05) is 23.9 Å². The average molecular weight is 241 g/mol. The normalized spacial score (nSPS) is 28.0. The van der Waals surface area contributed by atoms with Gasteiger partial charge in [0, 0.05) is 25.7 Å². The van der Waals surface area contributed by atoms with Gasteiger partial charge in [-0.15, -0.1) is 0 Å². The van der Waals surface area contributed by atoms with Gasteiger partial charge in [0.1, 0.15) is 0 Å². The van der Waals surface area contributed by atoms with Crippen molar-refractivity contribution in [2.24, 2.45) is 5.73 Å². The molecule has 0 aromatic heterocycles. The molecule has 1 atom stereocenters. The Balaban J connectivity index is 1.87. The Morgan fingerprint density at radius 1 is 1.47 bits per heavy atom. The van der Waals surface area contributed by atoms with Gasteiger partial charge in [0.25, 0.3) is 0 Å². The summed E-state index contributed by atoms with van der Waals surface area (Å²) in [6.07, 6.45) is 2.71. The smallest absolute Gasteiger partial charge is 0.236 e. The van der Waals surface area contributed by atoms with Crippen LogP contribution in [0.4, 0.5) is 0 Å². The SMILES string of the molecule is CN(C)CC(=O)N1CCC2(CC1)OCCC2N. The van der Waals surface area contributed by atoms with Gasteiger partial charge in [0.2, 0.25) is 5.91 Å².